The first-order chi connectivity index (χ1) is 8.22. The summed E-state index contributed by atoms with van der Waals surface area (Å²) in [6.45, 7) is 3.18. The molecule has 0 bridgehead atoms. The number of benzene rings is 1. The molecule has 0 aliphatic rings. The first kappa shape index (κ1) is 14.1. The Morgan fingerprint density at radius 2 is 2.06 bits per heavy atom. The van der Waals surface area contributed by atoms with Crippen molar-refractivity contribution in [3.8, 4) is 0 Å². The zero-order valence-electron chi connectivity index (χ0n) is 10.9. The highest BCUT2D eigenvalue weighted by Gasteiger charge is 2.00. The zero-order valence-corrected chi connectivity index (χ0v) is 10.9. The van der Waals surface area contributed by atoms with Gasteiger partial charge in [0.15, 0.2) is 0 Å². The van der Waals surface area contributed by atoms with E-state index in [2.05, 4.69) is 17.3 Å². The number of unbranched alkanes of at least 4 members (excludes halogenated alkanes) is 1. The van der Waals surface area contributed by atoms with Crippen LogP contribution in [-0.2, 0) is 6.42 Å². The van der Waals surface area contributed by atoms with Crippen molar-refractivity contribution in [3.63, 3.8) is 0 Å². The molecule has 3 heteroatoms. The van der Waals surface area contributed by atoms with Crippen LogP contribution < -0.4 is 5.32 Å². The topological polar surface area (TPSA) is 15.3 Å². The van der Waals surface area contributed by atoms with Crippen molar-refractivity contribution in [2.75, 3.05) is 33.7 Å². The van der Waals surface area contributed by atoms with E-state index in [1.165, 1.54) is 18.9 Å². The summed E-state index contributed by atoms with van der Waals surface area (Å²) >= 11 is 0. The maximum Gasteiger partial charge on any atom is 0.123 e. The van der Waals surface area contributed by atoms with Crippen LogP contribution in [0.3, 0.4) is 0 Å². The summed E-state index contributed by atoms with van der Waals surface area (Å²) in [7, 11) is 4.10. The number of hydrogen-bond donors (Lipinski definition) is 1. The van der Waals surface area contributed by atoms with Gasteiger partial charge in [0.05, 0.1) is 0 Å². The van der Waals surface area contributed by atoms with E-state index in [9.17, 15) is 4.39 Å². The van der Waals surface area contributed by atoms with E-state index in [1.54, 1.807) is 12.1 Å². The molecule has 0 fully saturated rings. The van der Waals surface area contributed by atoms with Crippen LogP contribution in [0.5, 0.6) is 0 Å². The molecule has 1 N–H and O–H groups in total. The number of hydrogen-bond acceptors (Lipinski definition) is 2. The Bertz CT molecular complexity index is 315. The van der Waals surface area contributed by atoms with Crippen LogP contribution in [0, 0.1) is 5.82 Å². The van der Waals surface area contributed by atoms with Crippen LogP contribution in [-0.4, -0.2) is 38.6 Å². The first-order valence-electron chi connectivity index (χ1n) is 6.30. The smallest absolute Gasteiger partial charge is 0.123 e. The summed E-state index contributed by atoms with van der Waals surface area (Å²) in [4.78, 5) is 2.31. The fourth-order valence-corrected chi connectivity index (χ4v) is 1.81. The van der Waals surface area contributed by atoms with E-state index in [1.807, 2.05) is 13.1 Å². The van der Waals surface area contributed by atoms with E-state index in [0.717, 1.165) is 31.6 Å². The van der Waals surface area contributed by atoms with Crippen molar-refractivity contribution in [2.24, 2.45) is 0 Å². The molecule has 0 saturated heterocycles. The summed E-state index contributed by atoms with van der Waals surface area (Å²) in [5.74, 6) is -0.140. The van der Waals surface area contributed by atoms with Crippen LogP contribution in [0.2, 0.25) is 0 Å². The Hall–Kier alpha value is -0.930. The molecule has 0 unspecified atom stereocenters. The standard InChI is InChI=1S/C14H23FN2/c1-16-9-3-4-10-17(2)11-8-13-6-5-7-14(15)12-13/h5-7,12,16H,3-4,8-11H2,1-2H3. The van der Waals surface area contributed by atoms with Crippen LogP contribution in [0.1, 0.15) is 18.4 Å². The number of likely N-dealkylation sites (N-methyl/N-ethyl adjacent to an activating group) is 1. The summed E-state index contributed by atoms with van der Waals surface area (Å²) in [6.07, 6.45) is 3.33. The van der Waals surface area contributed by atoms with Gasteiger partial charge in [-0.3, -0.25) is 0 Å². The summed E-state index contributed by atoms with van der Waals surface area (Å²) in [6, 6.07) is 6.87. The van der Waals surface area contributed by atoms with Gasteiger partial charge in [-0.25, -0.2) is 4.39 Å². The van der Waals surface area contributed by atoms with Gasteiger partial charge < -0.3 is 10.2 Å². The van der Waals surface area contributed by atoms with Crippen molar-refractivity contribution in [3.05, 3.63) is 35.6 Å². The molecule has 0 saturated carbocycles. The van der Waals surface area contributed by atoms with Crippen molar-refractivity contribution >= 4 is 0 Å². The van der Waals surface area contributed by atoms with Gasteiger partial charge in [0.25, 0.3) is 0 Å². The normalized spacial score (nSPS) is 11.1. The molecule has 1 aromatic carbocycles. The molecule has 1 aromatic rings. The highest BCUT2D eigenvalue weighted by molar-refractivity contribution is 5.16. The summed E-state index contributed by atoms with van der Waals surface area (Å²) in [5.41, 5.74) is 1.08. The summed E-state index contributed by atoms with van der Waals surface area (Å²) < 4.78 is 13.0. The van der Waals surface area contributed by atoms with Crippen LogP contribution >= 0.6 is 0 Å². The minimum absolute atomic E-state index is 0.140. The minimum atomic E-state index is -0.140. The Kier molecular flexibility index (Phi) is 6.82. The van der Waals surface area contributed by atoms with Crippen LogP contribution in [0.25, 0.3) is 0 Å². The molecule has 2 nitrogen and oxygen atoms in total. The minimum Gasteiger partial charge on any atom is -0.320 e. The maximum absolute atomic E-state index is 13.0. The first-order valence-corrected chi connectivity index (χ1v) is 6.30. The Morgan fingerprint density at radius 3 is 2.76 bits per heavy atom. The SMILES string of the molecule is CNCCCCN(C)CCc1cccc(F)c1. The Morgan fingerprint density at radius 1 is 1.24 bits per heavy atom. The second-order valence-electron chi connectivity index (χ2n) is 4.49. The zero-order chi connectivity index (χ0) is 12.5. The van der Waals surface area contributed by atoms with Crippen molar-refractivity contribution in [2.45, 2.75) is 19.3 Å². The van der Waals surface area contributed by atoms with E-state index in [0.29, 0.717) is 0 Å². The Balaban J connectivity index is 2.17. The average molecular weight is 238 g/mol. The lowest BCUT2D eigenvalue weighted by molar-refractivity contribution is 0.329. The lowest BCUT2D eigenvalue weighted by atomic mass is 10.1. The number of nitrogens with one attached hydrogen (secondary N) is 1. The fourth-order valence-electron chi connectivity index (χ4n) is 1.81. The molecule has 0 amide bonds. The quantitative estimate of drug-likeness (QED) is 0.699. The third-order valence-corrected chi connectivity index (χ3v) is 2.89. The van der Waals surface area contributed by atoms with Crippen molar-refractivity contribution in [1.29, 1.82) is 0 Å². The van der Waals surface area contributed by atoms with Gasteiger partial charge in [0, 0.05) is 6.54 Å². The van der Waals surface area contributed by atoms with Gasteiger partial charge in [0.2, 0.25) is 0 Å². The van der Waals surface area contributed by atoms with Crippen LogP contribution in [0.4, 0.5) is 4.39 Å². The van der Waals surface area contributed by atoms with Crippen molar-refractivity contribution in [1.82, 2.24) is 10.2 Å². The molecule has 0 spiro atoms. The number of rotatable bonds is 8. The molecular weight excluding hydrogens is 215 g/mol. The highest BCUT2D eigenvalue weighted by Crippen LogP contribution is 2.05. The molecule has 0 atom stereocenters. The molecule has 0 radical (unpaired) electrons. The van der Waals surface area contributed by atoms with Gasteiger partial charge in [0.1, 0.15) is 5.82 Å². The molecule has 0 aliphatic carbocycles. The van der Waals surface area contributed by atoms with Gasteiger partial charge >= 0.3 is 0 Å². The molecule has 0 heterocycles. The number of nitrogens with zero attached hydrogens (tertiary/aromatic N) is 1. The molecule has 1 rings (SSSR count). The molecule has 0 aromatic heterocycles. The maximum atomic E-state index is 13.0. The van der Waals surface area contributed by atoms with Gasteiger partial charge in [-0.05, 0) is 64.1 Å². The van der Waals surface area contributed by atoms with E-state index in [4.69, 9.17) is 0 Å². The lowest BCUT2D eigenvalue weighted by Crippen LogP contribution is -2.23. The van der Waals surface area contributed by atoms with Crippen LogP contribution in [0.15, 0.2) is 24.3 Å². The number of halogens is 1. The largest absolute Gasteiger partial charge is 0.320 e. The molecule has 96 valence electrons. The highest BCUT2D eigenvalue weighted by atomic mass is 19.1. The van der Waals surface area contributed by atoms with E-state index < -0.39 is 0 Å². The van der Waals surface area contributed by atoms with Crippen molar-refractivity contribution < 1.29 is 4.39 Å². The lowest BCUT2D eigenvalue weighted by Gasteiger charge is -2.16. The van der Waals surface area contributed by atoms with Gasteiger partial charge in [-0.2, -0.15) is 0 Å². The average Bonchev–Trinajstić information content (AvgIpc) is 2.32. The van der Waals surface area contributed by atoms with Gasteiger partial charge in [-0.1, -0.05) is 12.1 Å². The second kappa shape index (κ2) is 8.20. The third-order valence-electron chi connectivity index (χ3n) is 2.89. The van der Waals surface area contributed by atoms with Gasteiger partial charge in [-0.15, -0.1) is 0 Å². The molecule has 17 heavy (non-hydrogen) atoms. The third kappa shape index (κ3) is 6.39. The Labute approximate surface area is 104 Å². The fraction of sp³-hybridized carbons (Fsp3) is 0.571. The predicted molar refractivity (Wildman–Crippen MR) is 70.8 cm³/mol. The molecule has 0 aliphatic heterocycles. The second-order valence-corrected chi connectivity index (χ2v) is 4.49. The van der Waals surface area contributed by atoms with E-state index >= 15 is 0 Å². The summed E-state index contributed by atoms with van der Waals surface area (Å²) in [5, 5.41) is 3.15. The monoisotopic (exact) mass is 238 g/mol. The predicted octanol–water partition coefficient (Wildman–Crippen LogP) is 2.30. The molecular formula is C14H23FN2. The van der Waals surface area contributed by atoms with E-state index in [-0.39, 0.29) is 5.82 Å².